The second-order valence-electron chi connectivity index (χ2n) is 3.50. The van der Waals surface area contributed by atoms with Gasteiger partial charge in [-0.15, -0.1) is 0 Å². The van der Waals surface area contributed by atoms with Gasteiger partial charge in [-0.1, -0.05) is 18.2 Å². The Morgan fingerprint density at radius 2 is 2.06 bits per heavy atom. The summed E-state index contributed by atoms with van der Waals surface area (Å²) in [7, 11) is 1.44. The van der Waals surface area contributed by atoms with Crippen LogP contribution in [0.5, 0.6) is 0 Å². The topological polar surface area (TPSA) is 75.6 Å². The van der Waals surface area contributed by atoms with Crippen molar-refractivity contribution in [3.63, 3.8) is 0 Å². The monoisotopic (exact) mass is 237 g/mol. The van der Waals surface area contributed by atoms with E-state index in [1.165, 1.54) is 7.11 Å². The zero-order chi connectivity index (χ0) is 12.7. The van der Waals surface area contributed by atoms with Gasteiger partial charge in [0.05, 0.1) is 5.56 Å². The van der Waals surface area contributed by atoms with Gasteiger partial charge in [-0.2, -0.15) is 0 Å². The fourth-order valence-corrected chi connectivity index (χ4v) is 1.47. The summed E-state index contributed by atoms with van der Waals surface area (Å²) >= 11 is 0. The number of methoxy groups -OCH3 is 1. The van der Waals surface area contributed by atoms with E-state index in [-0.39, 0.29) is 18.1 Å². The summed E-state index contributed by atoms with van der Waals surface area (Å²) in [5.74, 6) is -1.16. The maximum absolute atomic E-state index is 11.1. The molecule has 5 nitrogen and oxygen atoms in total. The van der Waals surface area contributed by atoms with E-state index in [9.17, 15) is 9.59 Å². The van der Waals surface area contributed by atoms with Crippen LogP contribution in [0, 0.1) is 0 Å². The number of nitrogens with one attached hydrogen (secondary N) is 1. The minimum atomic E-state index is -0.955. The van der Waals surface area contributed by atoms with Crippen molar-refractivity contribution in [2.24, 2.45) is 0 Å². The Balaban J connectivity index is 2.52. The molecule has 1 aromatic carbocycles. The molecule has 0 spiro atoms. The van der Waals surface area contributed by atoms with E-state index in [4.69, 9.17) is 5.11 Å². The van der Waals surface area contributed by atoms with Crippen LogP contribution in [-0.2, 0) is 16.0 Å². The lowest BCUT2D eigenvalue weighted by molar-refractivity contribution is -0.124. The lowest BCUT2D eigenvalue weighted by atomic mass is 10.0. The molecule has 0 unspecified atom stereocenters. The molecule has 1 rings (SSSR count). The van der Waals surface area contributed by atoms with Gasteiger partial charge in [0.1, 0.15) is 6.61 Å². The minimum absolute atomic E-state index is 0.0145. The molecule has 0 aliphatic heterocycles. The number of carboxylic acid groups (broad SMARTS) is 1. The standard InChI is InChI=1S/C12H15NO4/c1-17-8-11(14)13-7-6-9-4-2-3-5-10(9)12(15)16/h2-5H,6-8H2,1H3,(H,13,14)(H,15,16). The molecule has 0 bridgehead atoms. The Morgan fingerprint density at radius 3 is 2.71 bits per heavy atom. The van der Waals surface area contributed by atoms with Crippen LogP contribution in [0.4, 0.5) is 0 Å². The average molecular weight is 237 g/mol. The van der Waals surface area contributed by atoms with E-state index in [2.05, 4.69) is 10.1 Å². The van der Waals surface area contributed by atoms with E-state index in [0.29, 0.717) is 18.5 Å². The molecule has 0 aromatic heterocycles. The zero-order valence-corrected chi connectivity index (χ0v) is 9.60. The molecule has 0 saturated heterocycles. The largest absolute Gasteiger partial charge is 0.478 e. The molecular formula is C12H15NO4. The van der Waals surface area contributed by atoms with Crippen LogP contribution in [0.1, 0.15) is 15.9 Å². The van der Waals surface area contributed by atoms with Gasteiger partial charge in [0.2, 0.25) is 5.91 Å². The van der Waals surface area contributed by atoms with Crippen molar-refractivity contribution in [3.8, 4) is 0 Å². The highest BCUT2D eigenvalue weighted by Crippen LogP contribution is 2.08. The van der Waals surface area contributed by atoms with Crippen LogP contribution in [0.15, 0.2) is 24.3 Å². The Hall–Kier alpha value is -1.88. The number of ether oxygens (including phenoxy) is 1. The van der Waals surface area contributed by atoms with Gasteiger partial charge >= 0.3 is 5.97 Å². The number of benzene rings is 1. The first-order valence-corrected chi connectivity index (χ1v) is 5.22. The number of aromatic carboxylic acids is 1. The van der Waals surface area contributed by atoms with Gasteiger partial charge < -0.3 is 15.2 Å². The van der Waals surface area contributed by atoms with Gasteiger partial charge in [0, 0.05) is 13.7 Å². The number of amides is 1. The summed E-state index contributed by atoms with van der Waals surface area (Å²) < 4.78 is 4.66. The highest BCUT2D eigenvalue weighted by atomic mass is 16.5. The maximum Gasteiger partial charge on any atom is 0.335 e. The molecule has 0 aliphatic carbocycles. The first kappa shape index (κ1) is 13.2. The Morgan fingerprint density at radius 1 is 1.35 bits per heavy atom. The second-order valence-corrected chi connectivity index (χ2v) is 3.50. The van der Waals surface area contributed by atoms with E-state index in [0.717, 1.165) is 0 Å². The molecule has 0 aliphatic rings. The molecule has 0 radical (unpaired) electrons. The van der Waals surface area contributed by atoms with Gasteiger partial charge in [-0.05, 0) is 18.1 Å². The predicted octanol–water partition coefficient (Wildman–Crippen LogP) is 0.690. The Labute approximate surface area is 99.4 Å². The number of carbonyl (C=O) groups excluding carboxylic acids is 1. The summed E-state index contributed by atoms with van der Waals surface area (Å²) in [4.78, 5) is 22.0. The highest BCUT2D eigenvalue weighted by Gasteiger charge is 2.08. The zero-order valence-electron chi connectivity index (χ0n) is 9.60. The maximum atomic E-state index is 11.1. The van der Waals surface area contributed by atoms with Gasteiger partial charge in [-0.25, -0.2) is 4.79 Å². The third kappa shape index (κ3) is 4.24. The lowest BCUT2D eigenvalue weighted by Crippen LogP contribution is -2.29. The minimum Gasteiger partial charge on any atom is -0.478 e. The normalized spacial score (nSPS) is 9.94. The molecule has 0 saturated carbocycles. The van der Waals surface area contributed by atoms with Gasteiger partial charge in [0.15, 0.2) is 0 Å². The third-order valence-electron chi connectivity index (χ3n) is 2.24. The highest BCUT2D eigenvalue weighted by molar-refractivity contribution is 5.89. The van der Waals surface area contributed by atoms with Crippen molar-refractivity contribution in [1.29, 1.82) is 0 Å². The summed E-state index contributed by atoms with van der Waals surface area (Å²) in [6.07, 6.45) is 0.484. The van der Waals surface area contributed by atoms with Crippen molar-refractivity contribution in [2.45, 2.75) is 6.42 Å². The summed E-state index contributed by atoms with van der Waals surface area (Å²) in [6.45, 7) is 0.410. The lowest BCUT2D eigenvalue weighted by Gasteiger charge is -2.07. The molecule has 17 heavy (non-hydrogen) atoms. The van der Waals surface area contributed by atoms with Crippen molar-refractivity contribution < 1.29 is 19.4 Å². The van der Waals surface area contributed by atoms with E-state index < -0.39 is 5.97 Å². The molecule has 92 valence electrons. The summed E-state index contributed by atoms with van der Waals surface area (Å²) in [5.41, 5.74) is 0.978. The fraction of sp³-hybridized carbons (Fsp3) is 0.333. The Bertz CT molecular complexity index is 403. The van der Waals surface area contributed by atoms with Crippen LogP contribution in [-0.4, -0.2) is 37.2 Å². The first-order valence-electron chi connectivity index (χ1n) is 5.22. The molecule has 0 atom stereocenters. The van der Waals surface area contributed by atoms with Crippen molar-refractivity contribution >= 4 is 11.9 Å². The number of carbonyl (C=O) groups is 2. The summed E-state index contributed by atoms with van der Waals surface area (Å²) in [5, 5.41) is 11.6. The van der Waals surface area contributed by atoms with Crippen LogP contribution in [0.3, 0.4) is 0 Å². The second kappa shape index (κ2) is 6.65. The molecule has 5 heteroatoms. The molecule has 0 fully saturated rings. The van der Waals surface area contributed by atoms with Crippen molar-refractivity contribution in [1.82, 2.24) is 5.32 Å². The predicted molar refractivity (Wildman–Crippen MR) is 62.0 cm³/mol. The van der Waals surface area contributed by atoms with E-state index in [1.54, 1.807) is 24.3 Å². The van der Waals surface area contributed by atoms with E-state index in [1.807, 2.05) is 0 Å². The molecule has 1 amide bonds. The van der Waals surface area contributed by atoms with Crippen LogP contribution in [0.2, 0.25) is 0 Å². The third-order valence-corrected chi connectivity index (χ3v) is 2.24. The van der Waals surface area contributed by atoms with Crippen molar-refractivity contribution in [2.75, 3.05) is 20.3 Å². The molecular weight excluding hydrogens is 222 g/mol. The number of hydrogen-bond donors (Lipinski definition) is 2. The Kier molecular flexibility index (Phi) is 5.16. The number of carboxylic acids is 1. The quantitative estimate of drug-likeness (QED) is 0.763. The van der Waals surface area contributed by atoms with Crippen LogP contribution in [0.25, 0.3) is 0 Å². The molecule has 2 N–H and O–H groups in total. The van der Waals surface area contributed by atoms with Gasteiger partial charge in [0.25, 0.3) is 0 Å². The van der Waals surface area contributed by atoms with E-state index >= 15 is 0 Å². The SMILES string of the molecule is COCC(=O)NCCc1ccccc1C(=O)O. The average Bonchev–Trinajstić information content (AvgIpc) is 2.30. The van der Waals surface area contributed by atoms with Gasteiger partial charge in [-0.3, -0.25) is 4.79 Å². The number of hydrogen-bond acceptors (Lipinski definition) is 3. The van der Waals surface area contributed by atoms with Crippen molar-refractivity contribution in [3.05, 3.63) is 35.4 Å². The number of rotatable bonds is 6. The van der Waals surface area contributed by atoms with Crippen LogP contribution < -0.4 is 5.32 Å². The van der Waals surface area contributed by atoms with Crippen LogP contribution >= 0.6 is 0 Å². The molecule has 0 heterocycles. The molecule has 1 aromatic rings. The smallest absolute Gasteiger partial charge is 0.335 e. The summed E-state index contributed by atoms with van der Waals surface area (Å²) in [6, 6.07) is 6.75. The first-order chi connectivity index (χ1) is 8.15. The fourth-order valence-electron chi connectivity index (χ4n) is 1.47.